The van der Waals surface area contributed by atoms with E-state index < -0.39 is 17.9 Å². The first kappa shape index (κ1) is 17.7. The lowest BCUT2D eigenvalue weighted by Gasteiger charge is -2.22. The van der Waals surface area contributed by atoms with Crippen molar-refractivity contribution in [1.29, 1.82) is 0 Å². The van der Waals surface area contributed by atoms with E-state index in [1.54, 1.807) is 0 Å². The number of carbonyl (C=O) groups excluding carboxylic acids is 4. The molecule has 0 saturated carbocycles. The second-order valence-corrected chi connectivity index (χ2v) is 7.08. The molecule has 4 rings (SSSR count). The highest BCUT2D eigenvalue weighted by Crippen LogP contribution is 2.26. The van der Waals surface area contributed by atoms with Crippen LogP contribution in [0.2, 0.25) is 0 Å². The second-order valence-electron chi connectivity index (χ2n) is 7.08. The Kier molecular flexibility index (Phi) is 4.65. The summed E-state index contributed by atoms with van der Waals surface area (Å²) in [6.07, 6.45) is 3.00. The fraction of sp³-hybridized carbons (Fsp3) is 0.474. The van der Waals surface area contributed by atoms with Crippen LogP contribution in [0.1, 0.15) is 56.8 Å². The van der Waals surface area contributed by atoms with E-state index in [1.165, 1.54) is 23.1 Å². The predicted octanol–water partition coefficient (Wildman–Crippen LogP) is 0.470. The molecule has 0 spiro atoms. The molecule has 0 bridgehead atoms. The van der Waals surface area contributed by atoms with Crippen molar-refractivity contribution in [3.63, 3.8) is 0 Å². The molecule has 27 heavy (non-hydrogen) atoms. The van der Waals surface area contributed by atoms with Crippen molar-refractivity contribution in [3.8, 4) is 0 Å². The number of hydrogen-bond donors (Lipinski definition) is 2. The fourth-order valence-electron chi connectivity index (χ4n) is 3.74. The van der Waals surface area contributed by atoms with Gasteiger partial charge in [-0.2, -0.15) is 0 Å². The standard InChI is InChI=1S/C19H21N3O5/c23-16(21-15-4-1-7-20-17(15)24)11-5-6-13-14(9-11)19(26)22(18(13)25)10-12-3-2-8-27-12/h5-6,9,12,15H,1-4,7-8,10H2,(H,20,24)(H,21,23). The molecule has 8 heteroatoms. The van der Waals surface area contributed by atoms with E-state index in [0.29, 0.717) is 25.1 Å². The summed E-state index contributed by atoms with van der Waals surface area (Å²) in [5, 5.41) is 5.40. The predicted molar refractivity (Wildman–Crippen MR) is 94.3 cm³/mol. The molecule has 2 N–H and O–H groups in total. The molecule has 2 atom stereocenters. The van der Waals surface area contributed by atoms with Crippen molar-refractivity contribution >= 4 is 23.6 Å². The van der Waals surface area contributed by atoms with Gasteiger partial charge in [0.2, 0.25) is 5.91 Å². The van der Waals surface area contributed by atoms with Crippen molar-refractivity contribution < 1.29 is 23.9 Å². The fourth-order valence-corrected chi connectivity index (χ4v) is 3.74. The van der Waals surface area contributed by atoms with Crippen LogP contribution >= 0.6 is 0 Å². The van der Waals surface area contributed by atoms with Gasteiger partial charge in [0, 0.05) is 18.7 Å². The first-order chi connectivity index (χ1) is 13.0. The van der Waals surface area contributed by atoms with Gasteiger partial charge < -0.3 is 15.4 Å². The molecule has 2 fully saturated rings. The number of nitrogens with one attached hydrogen (secondary N) is 2. The van der Waals surface area contributed by atoms with E-state index in [0.717, 1.165) is 19.3 Å². The lowest BCUT2D eigenvalue weighted by molar-refractivity contribution is -0.124. The molecule has 3 aliphatic heterocycles. The van der Waals surface area contributed by atoms with Gasteiger partial charge in [-0.05, 0) is 43.9 Å². The number of carbonyl (C=O) groups is 4. The van der Waals surface area contributed by atoms with Gasteiger partial charge in [0.05, 0.1) is 23.8 Å². The zero-order valence-electron chi connectivity index (χ0n) is 14.8. The molecule has 1 aromatic rings. The molecular formula is C19H21N3O5. The van der Waals surface area contributed by atoms with Crippen LogP contribution in [-0.4, -0.2) is 60.4 Å². The Morgan fingerprint density at radius 2 is 1.96 bits per heavy atom. The van der Waals surface area contributed by atoms with Crippen molar-refractivity contribution in [2.45, 2.75) is 37.8 Å². The molecule has 3 heterocycles. The molecule has 2 saturated heterocycles. The van der Waals surface area contributed by atoms with E-state index in [9.17, 15) is 19.2 Å². The van der Waals surface area contributed by atoms with Crippen LogP contribution in [0.5, 0.6) is 0 Å². The zero-order chi connectivity index (χ0) is 19.0. The summed E-state index contributed by atoms with van der Waals surface area (Å²) in [5.74, 6) is -1.40. The first-order valence-corrected chi connectivity index (χ1v) is 9.25. The van der Waals surface area contributed by atoms with Crippen LogP contribution < -0.4 is 10.6 Å². The quantitative estimate of drug-likeness (QED) is 0.749. The average molecular weight is 371 g/mol. The Bertz CT molecular complexity index is 816. The lowest BCUT2D eigenvalue weighted by Crippen LogP contribution is -2.50. The van der Waals surface area contributed by atoms with Crippen LogP contribution in [0.15, 0.2) is 18.2 Å². The number of amides is 4. The summed E-state index contributed by atoms with van der Waals surface area (Å²) in [5.41, 5.74) is 0.774. The molecule has 3 aliphatic rings. The third kappa shape index (κ3) is 3.32. The Labute approximate surface area is 156 Å². The minimum atomic E-state index is -0.576. The van der Waals surface area contributed by atoms with Gasteiger partial charge in [0.15, 0.2) is 0 Å². The van der Waals surface area contributed by atoms with E-state index in [2.05, 4.69) is 10.6 Å². The summed E-state index contributed by atoms with van der Waals surface area (Å²) in [6.45, 7) is 1.49. The van der Waals surface area contributed by atoms with Gasteiger partial charge in [-0.15, -0.1) is 0 Å². The van der Waals surface area contributed by atoms with Crippen LogP contribution in [0.4, 0.5) is 0 Å². The zero-order valence-corrected chi connectivity index (χ0v) is 14.8. The topological polar surface area (TPSA) is 105 Å². The van der Waals surface area contributed by atoms with Crippen LogP contribution in [0.25, 0.3) is 0 Å². The Morgan fingerprint density at radius 1 is 1.15 bits per heavy atom. The average Bonchev–Trinajstić information content (AvgIpc) is 3.26. The van der Waals surface area contributed by atoms with Gasteiger partial charge in [-0.1, -0.05) is 0 Å². The smallest absolute Gasteiger partial charge is 0.261 e. The van der Waals surface area contributed by atoms with E-state index in [-0.39, 0.29) is 35.6 Å². The van der Waals surface area contributed by atoms with Gasteiger partial charge in [-0.25, -0.2) is 0 Å². The maximum Gasteiger partial charge on any atom is 0.261 e. The van der Waals surface area contributed by atoms with E-state index >= 15 is 0 Å². The van der Waals surface area contributed by atoms with Crippen LogP contribution in [0.3, 0.4) is 0 Å². The first-order valence-electron chi connectivity index (χ1n) is 9.25. The van der Waals surface area contributed by atoms with Gasteiger partial charge in [-0.3, -0.25) is 24.1 Å². The number of benzene rings is 1. The largest absolute Gasteiger partial charge is 0.376 e. The molecule has 4 amide bonds. The molecule has 142 valence electrons. The Morgan fingerprint density at radius 3 is 2.70 bits per heavy atom. The summed E-state index contributed by atoms with van der Waals surface area (Å²) in [6, 6.07) is 3.87. The highest BCUT2D eigenvalue weighted by molar-refractivity contribution is 6.22. The van der Waals surface area contributed by atoms with Crippen LogP contribution in [-0.2, 0) is 9.53 Å². The number of nitrogens with zero attached hydrogens (tertiary/aromatic N) is 1. The van der Waals surface area contributed by atoms with Crippen molar-refractivity contribution in [1.82, 2.24) is 15.5 Å². The summed E-state index contributed by atoms with van der Waals surface area (Å²) in [7, 11) is 0. The highest BCUT2D eigenvalue weighted by Gasteiger charge is 2.38. The number of hydrogen-bond acceptors (Lipinski definition) is 5. The number of imide groups is 1. The van der Waals surface area contributed by atoms with E-state index in [1.807, 2.05) is 0 Å². The summed E-state index contributed by atoms with van der Waals surface area (Å²) >= 11 is 0. The van der Waals surface area contributed by atoms with Gasteiger partial charge in [0.25, 0.3) is 17.7 Å². The third-order valence-corrected chi connectivity index (χ3v) is 5.23. The molecule has 8 nitrogen and oxygen atoms in total. The molecule has 0 radical (unpaired) electrons. The third-order valence-electron chi connectivity index (χ3n) is 5.23. The molecule has 0 aromatic heterocycles. The molecule has 1 aromatic carbocycles. The molecular weight excluding hydrogens is 350 g/mol. The highest BCUT2D eigenvalue weighted by atomic mass is 16.5. The molecule has 2 unspecified atom stereocenters. The van der Waals surface area contributed by atoms with Crippen molar-refractivity contribution in [2.24, 2.45) is 0 Å². The van der Waals surface area contributed by atoms with Crippen molar-refractivity contribution in [2.75, 3.05) is 19.7 Å². The second kappa shape index (κ2) is 7.11. The Balaban J connectivity index is 1.50. The summed E-state index contributed by atoms with van der Waals surface area (Å²) < 4.78 is 5.52. The monoisotopic (exact) mass is 371 g/mol. The number of ether oxygens (including phenoxy) is 1. The normalized spacial score (nSPS) is 24.7. The maximum atomic E-state index is 12.7. The number of fused-ring (bicyclic) bond motifs is 1. The van der Waals surface area contributed by atoms with Crippen LogP contribution in [0, 0.1) is 0 Å². The summed E-state index contributed by atoms with van der Waals surface area (Å²) in [4.78, 5) is 50.7. The maximum absolute atomic E-state index is 12.7. The Hall–Kier alpha value is -2.74. The SMILES string of the molecule is O=C(NC1CCCNC1=O)c1ccc2c(c1)C(=O)N(CC1CCCO1)C2=O. The van der Waals surface area contributed by atoms with E-state index in [4.69, 9.17) is 4.74 Å². The number of rotatable bonds is 4. The lowest BCUT2D eigenvalue weighted by atomic mass is 10.0. The molecule has 0 aliphatic carbocycles. The van der Waals surface area contributed by atoms with Gasteiger partial charge >= 0.3 is 0 Å². The van der Waals surface area contributed by atoms with Gasteiger partial charge in [0.1, 0.15) is 6.04 Å². The van der Waals surface area contributed by atoms with Crippen molar-refractivity contribution in [3.05, 3.63) is 34.9 Å². The number of piperidine rings is 1. The minimum Gasteiger partial charge on any atom is -0.376 e. The minimum absolute atomic E-state index is 0.125.